The number of hydrogen-bond acceptors (Lipinski definition) is 8. The molecule has 4 heterocycles. The molecule has 11 heteroatoms. The lowest BCUT2D eigenvalue weighted by Gasteiger charge is -2.28. The summed E-state index contributed by atoms with van der Waals surface area (Å²) in [7, 11) is 1.56. The number of pyridine rings is 1. The maximum Gasteiger partial charge on any atom is 0.306 e. The molecule has 1 aliphatic carbocycles. The molecule has 0 spiro atoms. The van der Waals surface area contributed by atoms with Crippen LogP contribution in [-0.4, -0.2) is 43.8 Å². The van der Waals surface area contributed by atoms with Crippen LogP contribution in [-0.2, 0) is 16.2 Å². The van der Waals surface area contributed by atoms with Crippen molar-refractivity contribution >= 4 is 28.3 Å². The van der Waals surface area contributed by atoms with Gasteiger partial charge in [-0.15, -0.1) is 0 Å². The molecule has 0 bridgehead atoms. The van der Waals surface area contributed by atoms with Crippen molar-refractivity contribution in [3.8, 4) is 33.5 Å². The van der Waals surface area contributed by atoms with E-state index >= 15 is 0 Å². The highest BCUT2D eigenvalue weighted by atomic mass is 32.1. The van der Waals surface area contributed by atoms with Gasteiger partial charge in [-0.05, 0) is 31.7 Å². The number of carboxylic acid groups (broad SMARTS) is 1. The van der Waals surface area contributed by atoms with Gasteiger partial charge in [0.05, 0.1) is 23.9 Å². The van der Waals surface area contributed by atoms with Gasteiger partial charge in [0.2, 0.25) is 11.8 Å². The molecule has 3 aromatic heterocycles. The first-order valence-corrected chi connectivity index (χ1v) is 11.5. The molecule has 0 aromatic carbocycles. The zero-order chi connectivity index (χ0) is 23.1. The Morgan fingerprint density at radius 2 is 2.06 bits per heavy atom. The fraction of sp³-hybridized carbons (Fsp3) is 0.409. The minimum atomic E-state index is -0.742. The van der Waals surface area contributed by atoms with E-state index in [0.717, 1.165) is 21.8 Å². The number of aromatic nitrogens is 4. The third kappa shape index (κ3) is 3.92. The fourth-order valence-electron chi connectivity index (χ4n) is 4.40. The number of nitrogens with one attached hydrogen (secondary N) is 1. The number of carbonyl (C=O) groups is 2. The monoisotopic (exact) mass is 469 g/mol. The normalized spacial score (nSPS) is 19.2. The Hall–Kier alpha value is -3.47. The first-order chi connectivity index (χ1) is 15.9. The molecule has 0 atom stereocenters. The molecule has 172 valence electrons. The molecule has 10 nitrogen and oxygen atoms in total. The molecule has 2 aliphatic rings. The van der Waals surface area contributed by atoms with E-state index in [2.05, 4.69) is 15.3 Å². The Labute approximate surface area is 193 Å². The Morgan fingerprint density at radius 1 is 1.27 bits per heavy atom. The average Bonchev–Trinajstić information content (AvgIpc) is 3.39. The number of amides is 1. The quantitative estimate of drug-likeness (QED) is 0.578. The maximum atomic E-state index is 11.6. The van der Waals surface area contributed by atoms with Gasteiger partial charge in [0.25, 0.3) is 0 Å². The van der Waals surface area contributed by atoms with Crippen LogP contribution in [0.4, 0.5) is 5.13 Å². The third-order valence-corrected chi connectivity index (χ3v) is 7.05. The van der Waals surface area contributed by atoms with Gasteiger partial charge >= 0.3 is 5.97 Å². The molecule has 1 amide bonds. The number of methoxy groups -OCH3 is 1. The minimum Gasteiger partial charge on any atom is -0.483 e. The molecule has 1 saturated carbocycles. The predicted octanol–water partition coefficient (Wildman–Crippen LogP) is 3.74. The summed E-state index contributed by atoms with van der Waals surface area (Å²) in [5.41, 5.74) is 3.02. The van der Waals surface area contributed by atoms with Gasteiger partial charge in [0.1, 0.15) is 23.7 Å². The number of rotatable bonds is 5. The molecule has 1 aliphatic heterocycles. The van der Waals surface area contributed by atoms with E-state index in [1.165, 1.54) is 18.3 Å². The van der Waals surface area contributed by atoms with Gasteiger partial charge in [0.15, 0.2) is 10.9 Å². The second-order valence-electron chi connectivity index (χ2n) is 8.17. The maximum absolute atomic E-state index is 11.6. The van der Waals surface area contributed by atoms with Gasteiger partial charge in [-0.3, -0.25) is 14.3 Å². The first-order valence-electron chi connectivity index (χ1n) is 10.7. The summed E-state index contributed by atoms with van der Waals surface area (Å²) in [4.78, 5) is 32.7. The van der Waals surface area contributed by atoms with E-state index in [-0.39, 0.29) is 24.5 Å². The van der Waals surface area contributed by atoms with Crippen molar-refractivity contribution in [1.29, 1.82) is 0 Å². The highest BCUT2D eigenvalue weighted by Crippen LogP contribution is 2.49. The number of anilines is 1. The molecular formula is C22H23N5O5S. The van der Waals surface area contributed by atoms with Crippen molar-refractivity contribution in [2.75, 3.05) is 12.4 Å². The fourth-order valence-corrected chi connectivity index (χ4v) is 5.45. The number of thiazole rings is 1. The lowest BCUT2D eigenvalue weighted by molar-refractivity contribution is -0.143. The minimum absolute atomic E-state index is 0.0372. The van der Waals surface area contributed by atoms with Crippen molar-refractivity contribution in [3.63, 3.8) is 0 Å². The van der Waals surface area contributed by atoms with Gasteiger partial charge in [-0.2, -0.15) is 5.10 Å². The van der Waals surface area contributed by atoms with Crippen molar-refractivity contribution in [3.05, 3.63) is 24.0 Å². The van der Waals surface area contributed by atoms with Gasteiger partial charge in [-0.25, -0.2) is 9.97 Å². The molecular weight excluding hydrogens is 446 g/mol. The first kappa shape index (κ1) is 21.4. The van der Waals surface area contributed by atoms with Gasteiger partial charge in [0, 0.05) is 24.8 Å². The van der Waals surface area contributed by atoms with Crippen LogP contribution < -0.4 is 14.8 Å². The number of carbonyl (C=O) groups excluding carboxylic acids is 1. The second-order valence-corrected chi connectivity index (χ2v) is 9.17. The van der Waals surface area contributed by atoms with Crippen LogP contribution in [0.1, 0.15) is 44.3 Å². The van der Waals surface area contributed by atoms with Crippen LogP contribution >= 0.6 is 11.3 Å². The van der Waals surface area contributed by atoms with E-state index in [1.54, 1.807) is 19.4 Å². The number of carboxylic acids is 1. The van der Waals surface area contributed by atoms with Crippen LogP contribution in [0.15, 0.2) is 18.3 Å². The second kappa shape index (κ2) is 8.47. The van der Waals surface area contributed by atoms with Gasteiger partial charge in [-0.1, -0.05) is 11.3 Å². The lowest BCUT2D eigenvalue weighted by Crippen LogP contribution is -2.24. The summed E-state index contributed by atoms with van der Waals surface area (Å²) >= 11 is 1.39. The molecule has 1 fully saturated rings. The molecule has 3 aromatic rings. The number of nitrogens with zero attached hydrogens (tertiary/aromatic N) is 4. The summed E-state index contributed by atoms with van der Waals surface area (Å²) in [5.74, 6) is -0.0984. The van der Waals surface area contributed by atoms with Crippen LogP contribution in [0.3, 0.4) is 0 Å². The van der Waals surface area contributed by atoms with Crippen LogP contribution in [0, 0.1) is 5.92 Å². The van der Waals surface area contributed by atoms with E-state index in [4.69, 9.17) is 14.6 Å². The highest BCUT2D eigenvalue weighted by molar-refractivity contribution is 7.19. The average molecular weight is 470 g/mol. The van der Waals surface area contributed by atoms with Crippen molar-refractivity contribution in [1.82, 2.24) is 19.7 Å². The van der Waals surface area contributed by atoms with Crippen molar-refractivity contribution in [2.45, 2.75) is 45.3 Å². The highest BCUT2D eigenvalue weighted by Gasteiger charge is 2.35. The topological polar surface area (TPSA) is 128 Å². The summed E-state index contributed by atoms with van der Waals surface area (Å²) in [5, 5.41) is 17.6. The zero-order valence-corrected chi connectivity index (χ0v) is 19.0. The Balaban J connectivity index is 1.59. The summed E-state index contributed by atoms with van der Waals surface area (Å²) in [6.45, 7) is 1.72. The predicted molar refractivity (Wildman–Crippen MR) is 120 cm³/mol. The molecule has 33 heavy (non-hydrogen) atoms. The number of fused-ring (bicyclic) bond motifs is 3. The molecule has 0 saturated heterocycles. The summed E-state index contributed by atoms with van der Waals surface area (Å²) in [6.07, 6.45) is 4.31. The largest absolute Gasteiger partial charge is 0.483 e. The summed E-state index contributed by atoms with van der Waals surface area (Å²) in [6, 6.07) is 3.69. The molecule has 0 radical (unpaired) electrons. The van der Waals surface area contributed by atoms with Gasteiger partial charge < -0.3 is 19.9 Å². The van der Waals surface area contributed by atoms with Crippen molar-refractivity contribution < 1.29 is 24.2 Å². The third-order valence-electron chi connectivity index (χ3n) is 6.03. The Kier molecular flexibility index (Phi) is 5.49. The van der Waals surface area contributed by atoms with Crippen LogP contribution in [0.5, 0.6) is 11.6 Å². The van der Waals surface area contributed by atoms with E-state index in [9.17, 15) is 14.7 Å². The number of aliphatic carboxylic acids is 1. The SMILES string of the molecule is COc1ccc(-c2nn(C3CCC(C(=O)O)CC3)c3c2OCc2nc(NC(C)=O)sc2-3)cn1. The van der Waals surface area contributed by atoms with Crippen LogP contribution in [0.25, 0.3) is 21.8 Å². The Morgan fingerprint density at radius 3 is 2.70 bits per heavy atom. The summed E-state index contributed by atoms with van der Waals surface area (Å²) < 4.78 is 13.3. The van der Waals surface area contributed by atoms with E-state index < -0.39 is 5.97 Å². The zero-order valence-electron chi connectivity index (χ0n) is 18.2. The number of ether oxygens (including phenoxy) is 2. The number of hydrogen-bond donors (Lipinski definition) is 2. The Bertz CT molecular complexity index is 1210. The van der Waals surface area contributed by atoms with Crippen molar-refractivity contribution in [2.24, 2.45) is 5.92 Å². The smallest absolute Gasteiger partial charge is 0.306 e. The standard InChI is InChI=1S/C22H23N5O5S/c1-11(28)24-22-25-15-10-32-19-17(13-5-8-16(31-2)23-9-13)26-27(18(19)20(15)33-22)14-6-3-12(4-7-14)21(29)30/h5,8-9,12,14H,3-4,6-7,10H2,1-2H3,(H,29,30)(H,24,25,28). The lowest BCUT2D eigenvalue weighted by atomic mass is 9.86. The van der Waals surface area contributed by atoms with E-state index in [0.29, 0.717) is 48.1 Å². The van der Waals surface area contributed by atoms with E-state index in [1.807, 2.05) is 10.7 Å². The molecule has 0 unspecified atom stereocenters. The van der Waals surface area contributed by atoms with Crippen LogP contribution in [0.2, 0.25) is 0 Å². The molecule has 2 N–H and O–H groups in total. The molecule has 5 rings (SSSR count).